The van der Waals surface area contributed by atoms with Crippen LogP contribution in [0.15, 0.2) is 48.3 Å². The molecule has 0 radical (unpaired) electrons. The second-order valence-corrected chi connectivity index (χ2v) is 5.61. The summed E-state index contributed by atoms with van der Waals surface area (Å²) in [6.07, 6.45) is 3.74. The summed E-state index contributed by atoms with van der Waals surface area (Å²) in [5, 5.41) is 0.674. The molecule has 1 aromatic heterocycles. The number of ether oxygens (including phenoxy) is 1. The van der Waals surface area contributed by atoms with Gasteiger partial charge in [-0.15, -0.1) is 0 Å². The van der Waals surface area contributed by atoms with E-state index < -0.39 is 0 Å². The Labute approximate surface area is 137 Å². The molecule has 2 aromatic rings. The van der Waals surface area contributed by atoms with Crippen molar-refractivity contribution in [3.05, 3.63) is 65.0 Å². The lowest BCUT2D eigenvalue weighted by atomic mass is 10.1. The van der Waals surface area contributed by atoms with Gasteiger partial charge in [-0.2, -0.15) is 0 Å². The van der Waals surface area contributed by atoms with Crippen molar-refractivity contribution in [1.82, 2.24) is 4.98 Å². The number of H-pyrrole nitrogens is 1. The predicted molar refractivity (Wildman–Crippen MR) is 95.3 cm³/mol. The van der Waals surface area contributed by atoms with Gasteiger partial charge in [0.15, 0.2) is 5.43 Å². The number of benzene rings is 1. The molecule has 4 heteroatoms. The Bertz CT molecular complexity index is 752. The van der Waals surface area contributed by atoms with Gasteiger partial charge < -0.3 is 14.6 Å². The van der Waals surface area contributed by atoms with Crippen molar-refractivity contribution in [2.24, 2.45) is 0 Å². The minimum Gasteiger partial charge on any atom is -0.494 e. The summed E-state index contributed by atoms with van der Waals surface area (Å²) in [7, 11) is 0. The molecular formula is C19H25N2O2+. The molecule has 0 fully saturated rings. The van der Waals surface area contributed by atoms with Crippen LogP contribution in [0.25, 0.3) is 10.9 Å². The number of quaternary nitrogens is 1. The second kappa shape index (κ2) is 7.79. The second-order valence-electron chi connectivity index (χ2n) is 5.61. The van der Waals surface area contributed by atoms with E-state index in [4.69, 9.17) is 4.74 Å². The molecule has 0 unspecified atom stereocenters. The van der Waals surface area contributed by atoms with E-state index in [2.05, 4.69) is 18.1 Å². The van der Waals surface area contributed by atoms with E-state index in [1.54, 1.807) is 0 Å². The van der Waals surface area contributed by atoms with E-state index >= 15 is 0 Å². The highest BCUT2D eigenvalue weighted by Gasteiger charge is 2.15. The maximum Gasteiger partial charge on any atom is 0.198 e. The van der Waals surface area contributed by atoms with Gasteiger partial charge in [0.05, 0.1) is 25.3 Å². The zero-order valence-electron chi connectivity index (χ0n) is 13.9. The third kappa shape index (κ3) is 3.90. The highest BCUT2D eigenvalue weighted by atomic mass is 16.5. The van der Waals surface area contributed by atoms with Gasteiger partial charge in [-0.1, -0.05) is 13.2 Å². The van der Waals surface area contributed by atoms with Crippen LogP contribution in [0.3, 0.4) is 0 Å². The van der Waals surface area contributed by atoms with Crippen molar-refractivity contribution in [3.63, 3.8) is 0 Å². The van der Waals surface area contributed by atoms with Crippen LogP contribution in [0.5, 0.6) is 5.75 Å². The molecule has 0 amide bonds. The Hall–Kier alpha value is -2.33. The van der Waals surface area contributed by atoms with E-state index in [0.29, 0.717) is 18.5 Å². The van der Waals surface area contributed by atoms with Gasteiger partial charge in [0.1, 0.15) is 12.3 Å². The lowest BCUT2D eigenvalue weighted by molar-refractivity contribution is -0.902. The smallest absolute Gasteiger partial charge is 0.198 e. The fourth-order valence-corrected chi connectivity index (χ4v) is 2.79. The van der Waals surface area contributed by atoms with Crippen LogP contribution >= 0.6 is 0 Å². The number of aromatic nitrogens is 1. The quantitative estimate of drug-likeness (QED) is 0.732. The number of nitrogens with one attached hydrogen (secondary N) is 2. The maximum atomic E-state index is 12.9. The monoisotopic (exact) mass is 313 g/mol. The highest BCUT2D eigenvalue weighted by Crippen LogP contribution is 2.18. The molecule has 0 spiro atoms. The minimum atomic E-state index is 0.0726. The zero-order valence-corrected chi connectivity index (χ0v) is 13.9. The predicted octanol–water partition coefficient (Wildman–Crippen LogP) is 1.99. The van der Waals surface area contributed by atoms with Crippen LogP contribution in [0.2, 0.25) is 0 Å². The van der Waals surface area contributed by atoms with E-state index in [9.17, 15) is 4.79 Å². The van der Waals surface area contributed by atoms with E-state index in [-0.39, 0.29) is 5.43 Å². The first kappa shape index (κ1) is 17.0. The van der Waals surface area contributed by atoms with Crippen molar-refractivity contribution in [2.75, 3.05) is 19.7 Å². The standard InChI is InChI=1S/C19H24N2O2/c1-5-10-21(11-6-2)13-17-14(4)20-18-9-8-15(23-7-3)12-16(18)19(17)22/h5-6,8-9,12H,1-2,7,10-11,13H2,3-4H3,(H,20,22)/p+1. The largest absolute Gasteiger partial charge is 0.494 e. The summed E-state index contributed by atoms with van der Waals surface area (Å²) in [6.45, 7) is 14.3. The van der Waals surface area contributed by atoms with Crippen molar-refractivity contribution >= 4 is 10.9 Å². The van der Waals surface area contributed by atoms with Crippen LogP contribution in [0, 0.1) is 6.92 Å². The molecule has 2 rings (SSSR count). The van der Waals surface area contributed by atoms with Crippen LogP contribution in [-0.2, 0) is 6.54 Å². The Kier molecular flexibility index (Phi) is 5.77. The fraction of sp³-hybridized carbons (Fsp3) is 0.316. The molecule has 4 nitrogen and oxygen atoms in total. The van der Waals surface area contributed by atoms with Gasteiger partial charge >= 0.3 is 0 Å². The molecule has 0 aliphatic heterocycles. The zero-order chi connectivity index (χ0) is 16.8. The van der Waals surface area contributed by atoms with E-state index in [0.717, 1.165) is 35.6 Å². The first-order valence-corrected chi connectivity index (χ1v) is 7.94. The summed E-state index contributed by atoms with van der Waals surface area (Å²) >= 11 is 0. The SMILES string of the molecule is C=CC[NH+](CC=C)Cc1c(C)[nH]c2ccc(OCC)cc2c1=O. The van der Waals surface area contributed by atoms with Crippen molar-refractivity contribution in [3.8, 4) is 5.75 Å². The van der Waals surface area contributed by atoms with Crippen LogP contribution in [-0.4, -0.2) is 24.7 Å². The number of rotatable bonds is 8. The lowest BCUT2D eigenvalue weighted by Gasteiger charge is -2.17. The number of pyridine rings is 1. The Balaban J connectivity index is 2.48. The van der Waals surface area contributed by atoms with Crippen LogP contribution in [0.1, 0.15) is 18.2 Å². The molecule has 122 valence electrons. The molecule has 0 aliphatic carbocycles. The maximum absolute atomic E-state index is 12.9. The number of fused-ring (bicyclic) bond motifs is 1. The lowest BCUT2D eigenvalue weighted by Crippen LogP contribution is -3.10. The number of hydrogen-bond acceptors (Lipinski definition) is 2. The molecular weight excluding hydrogens is 288 g/mol. The number of aryl methyl sites for hydroxylation is 1. The molecule has 0 bridgehead atoms. The van der Waals surface area contributed by atoms with Gasteiger partial charge in [-0.05, 0) is 44.2 Å². The summed E-state index contributed by atoms with van der Waals surface area (Å²) in [5.74, 6) is 0.724. The summed E-state index contributed by atoms with van der Waals surface area (Å²) in [5.41, 5.74) is 2.64. The first-order chi connectivity index (χ1) is 11.1. The Morgan fingerprint density at radius 1 is 1.26 bits per heavy atom. The average Bonchev–Trinajstić information content (AvgIpc) is 2.53. The number of hydrogen-bond donors (Lipinski definition) is 2. The topological polar surface area (TPSA) is 46.5 Å². The molecule has 0 aliphatic rings. The van der Waals surface area contributed by atoms with E-state index in [1.165, 1.54) is 4.90 Å². The van der Waals surface area contributed by atoms with Gasteiger partial charge in [0, 0.05) is 16.6 Å². The van der Waals surface area contributed by atoms with Gasteiger partial charge in [-0.25, -0.2) is 0 Å². The van der Waals surface area contributed by atoms with Crippen LogP contribution < -0.4 is 15.1 Å². The summed E-state index contributed by atoms with van der Waals surface area (Å²) in [6, 6.07) is 5.60. The summed E-state index contributed by atoms with van der Waals surface area (Å²) < 4.78 is 5.51. The Morgan fingerprint density at radius 2 is 1.96 bits per heavy atom. The van der Waals surface area contributed by atoms with Crippen molar-refractivity contribution < 1.29 is 9.64 Å². The fourth-order valence-electron chi connectivity index (χ4n) is 2.79. The average molecular weight is 313 g/mol. The third-order valence-electron chi connectivity index (χ3n) is 3.89. The van der Waals surface area contributed by atoms with E-state index in [1.807, 2.05) is 44.2 Å². The molecule has 0 atom stereocenters. The molecule has 1 heterocycles. The van der Waals surface area contributed by atoms with Crippen LogP contribution in [0.4, 0.5) is 0 Å². The third-order valence-corrected chi connectivity index (χ3v) is 3.89. The highest BCUT2D eigenvalue weighted by molar-refractivity contribution is 5.81. The molecule has 0 saturated heterocycles. The van der Waals surface area contributed by atoms with Crippen molar-refractivity contribution in [1.29, 1.82) is 0 Å². The Morgan fingerprint density at radius 3 is 2.57 bits per heavy atom. The first-order valence-electron chi connectivity index (χ1n) is 7.94. The van der Waals surface area contributed by atoms with Gasteiger partial charge in [-0.3, -0.25) is 4.79 Å². The van der Waals surface area contributed by atoms with Gasteiger partial charge in [0.25, 0.3) is 0 Å². The molecule has 1 aromatic carbocycles. The normalized spacial score (nSPS) is 10.9. The van der Waals surface area contributed by atoms with Gasteiger partial charge in [0.2, 0.25) is 0 Å². The molecule has 2 N–H and O–H groups in total. The molecule has 0 saturated carbocycles. The minimum absolute atomic E-state index is 0.0726. The molecule has 23 heavy (non-hydrogen) atoms. The van der Waals surface area contributed by atoms with Crippen molar-refractivity contribution in [2.45, 2.75) is 20.4 Å². The number of aromatic amines is 1. The summed E-state index contributed by atoms with van der Waals surface area (Å²) in [4.78, 5) is 17.5.